The summed E-state index contributed by atoms with van der Waals surface area (Å²) in [6.07, 6.45) is 4.97. The Bertz CT molecular complexity index is 487. The second-order valence-corrected chi connectivity index (χ2v) is 6.99. The van der Waals surface area contributed by atoms with Gasteiger partial charge in [0.05, 0.1) is 6.61 Å². The Morgan fingerprint density at radius 1 is 1.24 bits per heavy atom. The number of piperidine rings is 1. The number of benzene rings is 1. The van der Waals surface area contributed by atoms with Crippen molar-refractivity contribution in [3.63, 3.8) is 0 Å². The molecule has 1 aromatic carbocycles. The molecule has 0 aliphatic carbocycles. The Labute approximate surface area is 158 Å². The van der Waals surface area contributed by atoms with Crippen molar-refractivity contribution in [2.45, 2.75) is 46.0 Å². The van der Waals surface area contributed by atoms with Crippen LogP contribution in [-0.2, 0) is 4.79 Å². The number of amides is 1. The molecule has 1 aromatic rings. The number of aryl methyl sites for hydroxylation is 1. The van der Waals surface area contributed by atoms with Crippen molar-refractivity contribution in [1.29, 1.82) is 0 Å². The van der Waals surface area contributed by atoms with E-state index in [0.29, 0.717) is 24.9 Å². The van der Waals surface area contributed by atoms with Crippen molar-refractivity contribution < 1.29 is 9.53 Å². The zero-order valence-electron chi connectivity index (χ0n) is 15.6. The van der Waals surface area contributed by atoms with Gasteiger partial charge in [0, 0.05) is 13.0 Å². The zero-order valence-corrected chi connectivity index (χ0v) is 16.4. The normalized spacial score (nSPS) is 15.9. The zero-order chi connectivity index (χ0) is 17.2. The number of carbonyl (C=O) groups is 1. The molecule has 4 nitrogen and oxygen atoms in total. The number of nitrogens with one attached hydrogen (secondary N) is 2. The van der Waals surface area contributed by atoms with Crippen molar-refractivity contribution in [2.75, 3.05) is 26.2 Å². The van der Waals surface area contributed by atoms with Crippen LogP contribution in [0.15, 0.2) is 24.3 Å². The Morgan fingerprint density at radius 3 is 2.60 bits per heavy atom. The second-order valence-electron chi connectivity index (χ2n) is 6.99. The molecule has 0 radical (unpaired) electrons. The molecule has 1 unspecified atom stereocenters. The van der Waals surface area contributed by atoms with Gasteiger partial charge in [-0.1, -0.05) is 24.6 Å². The molecule has 2 rings (SSSR count). The van der Waals surface area contributed by atoms with Crippen LogP contribution in [0.3, 0.4) is 0 Å². The molecule has 0 spiro atoms. The fraction of sp³-hybridized carbons (Fsp3) is 0.650. The highest BCUT2D eigenvalue weighted by atomic mass is 35.5. The van der Waals surface area contributed by atoms with E-state index in [1.54, 1.807) is 0 Å². The molecule has 2 N–H and O–H groups in total. The lowest BCUT2D eigenvalue weighted by Crippen LogP contribution is -2.33. The van der Waals surface area contributed by atoms with E-state index in [9.17, 15) is 4.79 Å². The molecule has 1 saturated heterocycles. The molecule has 1 heterocycles. The van der Waals surface area contributed by atoms with Crippen LogP contribution >= 0.6 is 12.4 Å². The Kier molecular flexibility index (Phi) is 10.6. The summed E-state index contributed by atoms with van der Waals surface area (Å²) in [7, 11) is 0. The maximum atomic E-state index is 12.0. The maximum Gasteiger partial charge on any atom is 0.220 e. The number of carbonyl (C=O) groups excluding carboxylic acids is 1. The molecule has 0 bridgehead atoms. The number of hydrogen-bond donors (Lipinski definition) is 2. The average Bonchev–Trinajstić information content (AvgIpc) is 2.60. The van der Waals surface area contributed by atoms with Crippen molar-refractivity contribution in [3.8, 4) is 5.75 Å². The summed E-state index contributed by atoms with van der Waals surface area (Å²) >= 11 is 0. The third-order valence-corrected chi connectivity index (χ3v) is 4.88. The topological polar surface area (TPSA) is 50.4 Å². The van der Waals surface area contributed by atoms with E-state index in [-0.39, 0.29) is 18.3 Å². The van der Waals surface area contributed by atoms with Gasteiger partial charge >= 0.3 is 0 Å². The van der Waals surface area contributed by atoms with Crippen molar-refractivity contribution in [1.82, 2.24) is 10.6 Å². The van der Waals surface area contributed by atoms with Gasteiger partial charge in [-0.15, -0.1) is 12.4 Å². The fourth-order valence-corrected chi connectivity index (χ4v) is 3.22. The lowest BCUT2D eigenvalue weighted by molar-refractivity contribution is -0.122. The summed E-state index contributed by atoms with van der Waals surface area (Å²) in [5, 5.41) is 6.43. The van der Waals surface area contributed by atoms with Gasteiger partial charge in [-0.2, -0.15) is 0 Å². The van der Waals surface area contributed by atoms with Gasteiger partial charge < -0.3 is 15.4 Å². The first-order valence-electron chi connectivity index (χ1n) is 9.32. The Hall–Kier alpha value is -1.26. The van der Waals surface area contributed by atoms with E-state index >= 15 is 0 Å². The predicted molar refractivity (Wildman–Crippen MR) is 106 cm³/mol. The number of rotatable bonds is 9. The van der Waals surface area contributed by atoms with E-state index in [4.69, 9.17) is 4.74 Å². The maximum absolute atomic E-state index is 12.0. The number of ether oxygens (including phenoxy) is 1. The molecule has 1 aliphatic rings. The van der Waals surface area contributed by atoms with E-state index < -0.39 is 0 Å². The molecule has 1 atom stereocenters. The third-order valence-electron chi connectivity index (χ3n) is 4.88. The largest absolute Gasteiger partial charge is 0.494 e. The summed E-state index contributed by atoms with van der Waals surface area (Å²) in [5.41, 5.74) is 1.24. The Morgan fingerprint density at radius 2 is 1.92 bits per heavy atom. The van der Waals surface area contributed by atoms with Crippen LogP contribution in [0.1, 0.15) is 44.6 Å². The summed E-state index contributed by atoms with van der Waals surface area (Å²) in [6.45, 7) is 7.91. The summed E-state index contributed by atoms with van der Waals surface area (Å²) in [4.78, 5) is 12.0. The van der Waals surface area contributed by atoms with E-state index in [2.05, 4.69) is 36.6 Å². The van der Waals surface area contributed by atoms with Gasteiger partial charge in [-0.05, 0) is 69.7 Å². The monoisotopic (exact) mass is 368 g/mol. The quantitative estimate of drug-likeness (QED) is 0.653. The molecular formula is C20H33ClN2O2. The standard InChI is InChI=1S/C20H32N2O2.ClH/c1-16-5-7-19(8-6-16)24-14-4-3-11-22-20(23)15-17(2)18-9-12-21-13-10-18;/h5-8,17-18,21H,3-4,9-15H2,1-2H3,(H,22,23);1H. The molecule has 0 aromatic heterocycles. The minimum Gasteiger partial charge on any atom is -0.494 e. The first-order chi connectivity index (χ1) is 11.6. The summed E-state index contributed by atoms with van der Waals surface area (Å²) < 4.78 is 5.69. The second kappa shape index (κ2) is 12.2. The van der Waals surface area contributed by atoms with Gasteiger partial charge in [-0.3, -0.25) is 4.79 Å². The smallest absolute Gasteiger partial charge is 0.220 e. The molecular weight excluding hydrogens is 336 g/mol. The van der Waals surface area contributed by atoms with E-state index in [1.165, 1.54) is 18.4 Å². The van der Waals surface area contributed by atoms with Crippen molar-refractivity contribution in [2.24, 2.45) is 11.8 Å². The number of unbranched alkanes of at least 4 members (excludes halogenated alkanes) is 1. The third kappa shape index (κ3) is 8.59. The minimum absolute atomic E-state index is 0. The first-order valence-corrected chi connectivity index (χ1v) is 9.32. The van der Waals surface area contributed by atoms with E-state index in [1.807, 2.05) is 12.1 Å². The highest BCUT2D eigenvalue weighted by molar-refractivity contribution is 5.85. The average molecular weight is 369 g/mol. The number of halogens is 1. The molecule has 5 heteroatoms. The lowest BCUT2D eigenvalue weighted by atomic mass is 9.84. The molecule has 1 fully saturated rings. The van der Waals surface area contributed by atoms with Crippen LogP contribution < -0.4 is 15.4 Å². The van der Waals surface area contributed by atoms with Gasteiger partial charge in [0.2, 0.25) is 5.91 Å². The van der Waals surface area contributed by atoms with Crippen LogP contribution in [0.5, 0.6) is 5.75 Å². The highest BCUT2D eigenvalue weighted by Crippen LogP contribution is 2.24. The summed E-state index contributed by atoms with van der Waals surface area (Å²) in [5.74, 6) is 2.29. The van der Waals surface area contributed by atoms with Crippen LogP contribution in [0.25, 0.3) is 0 Å². The fourth-order valence-electron chi connectivity index (χ4n) is 3.22. The molecule has 25 heavy (non-hydrogen) atoms. The van der Waals surface area contributed by atoms with Gasteiger partial charge in [0.25, 0.3) is 0 Å². The lowest BCUT2D eigenvalue weighted by Gasteiger charge is -2.27. The minimum atomic E-state index is 0. The Balaban J connectivity index is 0.00000312. The molecule has 142 valence electrons. The van der Waals surface area contributed by atoms with Gasteiger partial charge in [0.1, 0.15) is 5.75 Å². The van der Waals surface area contributed by atoms with Gasteiger partial charge in [-0.25, -0.2) is 0 Å². The first kappa shape index (κ1) is 21.8. The van der Waals surface area contributed by atoms with Crippen LogP contribution in [0.4, 0.5) is 0 Å². The molecule has 1 amide bonds. The van der Waals surface area contributed by atoms with Crippen LogP contribution in [-0.4, -0.2) is 32.1 Å². The highest BCUT2D eigenvalue weighted by Gasteiger charge is 2.21. The van der Waals surface area contributed by atoms with Crippen LogP contribution in [0, 0.1) is 18.8 Å². The predicted octanol–water partition coefficient (Wildman–Crippen LogP) is 3.72. The number of hydrogen-bond acceptors (Lipinski definition) is 3. The van der Waals surface area contributed by atoms with Crippen LogP contribution in [0.2, 0.25) is 0 Å². The SMILES string of the molecule is Cc1ccc(OCCCCNC(=O)CC(C)C2CCNCC2)cc1.Cl. The van der Waals surface area contributed by atoms with E-state index in [0.717, 1.165) is 38.2 Å². The molecule has 1 aliphatic heterocycles. The van der Waals surface area contributed by atoms with Gasteiger partial charge in [0.15, 0.2) is 0 Å². The summed E-state index contributed by atoms with van der Waals surface area (Å²) in [6, 6.07) is 8.11. The van der Waals surface area contributed by atoms with Crippen molar-refractivity contribution >= 4 is 18.3 Å². The van der Waals surface area contributed by atoms with Crippen molar-refractivity contribution in [3.05, 3.63) is 29.8 Å². The molecule has 0 saturated carbocycles.